The third-order valence-electron chi connectivity index (χ3n) is 4.87. The molecule has 172 valence electrons. The Morgan fingerprint density at radius 2 is 1.72 bits per heavy atom. The second-order valence-corrected chi connectivity index (χ2v) is 9.91. The average Bonchev–Trinajstić information content (AvgIpc) is 3.13. The van der Waals surface area contributed by atoms with Crippen LogP contribution < -0.4 is 0 Å². The predicted molar refractivity (Wildman–Crippen MR) is 114 cm³/mol. The lowest BCUT2D eigenvalue weighted by Gasteiger charge is -2.25. The number of hydrogen-bond donors (Lipinski definition) is 0. The summed E-state index contributed by atoms with van der Waals surface area (Å²) in [5.41, 5.74) is 0.335. The average molecular weight is 469 g/mol. The van der Waals surface area contributed by atoms with Gasteiger partial charge in [-0.05, 0) is 53.9 Å². The van der Waals surface area contributed by atoms with Gasteiger partial charge in [-0.3, -0.25) is 0 Å². The third-order valence-corrected chi connectivity index (χ3v) is 6.68. The van der Waals surface area contributed by atoms with Crippen molar-refractivity contribution in [1.82, 2.24) is 8.87 Å². The van der Waals surface area contributed by atoms with E-state index in [9.17, 15) is 26.0 Å². The molecule has 0 radical (unpaired) electrons. The molecule has 0 atom stereocenters. The fourth-order valence-electron chi connectivity index (χ4n) is 3.40. The quantitative estimate of drug-likeness (QED) is 0.408. The lowest BCUT2D eigenvalue weighted by molar-refractivity contribution is -0.137. The fourth-order valence-corrected chi connectivity index (χ4v) is 5.02. The van der Waals surface area contributed by atoms with Gasteiger partial charge in [0, 0.05) is 25.0 Å². The SMILES string of the molecule is CC(C)CN(Cc1cccn1Cc1cccc(F)c1)S(=O)(=O)c1cccc(C(F)(F)F)c1. The summed E-state index contributed by atoms with van der Waals surface area (Å²) >= 11 is 0. The first-order valence-electron chi connectivity index (χ1n) is 10.0. The summed E-state index contributed by atoms with van der Waals surface area (Å²) in [7, 11) is -4.19. The largest absolute Gasteiger partial charge is 0.416 e. The molecule has 0 N–H and O–H groups in total. The van der Waals surface area contributed by atoms with Crippen molar-refractivity contribution in [2.45, 2.75) is 38.0 Å². The molecule has 0 fully saturated rings. The monoisotopic (exact) mass is 468 g/mol. The van der Waals surface area contributed by atoms with Crippen LogP contribution in [0.3, 0.4) is 0 Å². The first-order chi connectivity index (χ1) is 15.0. The zero-order valence-corrected chi connectivity index (χ0v) is 18.5. The van der Waals surface area contributed by atoms with E-state index in [0.717, 1.165) is 12.1 Å². The van der Waals surface area contributed by atoms with E-state index in [4.69, 9.17) is 0 Å². The number of alkyl halides is 3. The van der Waals surface area contributed by atoms with Crippen LogP contribution in [-0.2, 0) is 29.3 Å². The Labute approximate surface area is 185 Å². The molecule has 9 heteroatoms. The van der Waals surface area contributed by atoms with E-state index >= 15 is 0 Å². The van der Waals surface area contributed by atoms with Crippen LogP contribution in [0.15, 0.2) is 71.8 Å². The molecule has 0 saturated carbocycles. The smallest absolute Gasteiger partial charge is 0.346 e. The predicted octanol–water partition coefficient (Wildman–Crippen LogP) is 5.54. The van der Waals surface area contributed by atoms with Crippen LogP contribution in [0.25, 0.3) is 0 Å². The molecule has 0 spiro atoms. The third kappa shape index (κ3) is 5.77. The molecule has 2 aromatic carbocycles. The molecule has 0 amide bonds. The van der Waals surface area contributed by atoms with Gasteiger partial charge in [-0.1, -0.05) is 32.0 Å². The molecule has 32 heavy (non-hydrogen) atoms. The first kappa shape index (κ1) is 24.0. The number of benzene rings is 2. The van der Waals surface area contributed by atoms with Gasteiger partial charge in [0.05, 0.1) is 17.0 Å². The standard InChI is InChI=1S/C23H24F4N2O2S/c1-17(2)14-29(32(30,31)22-10-4-7-19(13-22)23(25,26)27)16-21-9-5-11-28(21)15-18-6-3-8-20(24)12-18/h3-13,17H,14-16H2,1-2H3. The molecule has 3 rings (SSSR count). The van der Waals surface area contributed by atoms with E-state index in [1.54, 1.807) is 35.0 Å². The van der Waals surface area contributed by atoms with Crippen LogP contribution in [-0.4, -0.2) is 23.8 Å². The van der Waals surface area contributed by atoms with Crippen LogP contribution in [0.2, 0.25) is 0 Å². The van der Waals surface area contributed by atoms with Gasteiger partial charge < -0.3 is 4.57 Å². The van der Waals surface area contributed by atoms with E-state index in [1.165, 1.54) is 22.5 Å². The summed E-state index contributed by atoms with van der Waals surface area (Å²) in [6, 6.07) is 13.4. The Balaban J connectivity index is 1.92. The summed E-state index contributed by atoms with van der Waals surface area (Å²) in [6.07, 6.45) is -2.89. The number of hydrogen-bond acceptors (Lipinski definition) is 2. The minimum absolute atomic E-state index is 0.0287. The molecule has 3 aromatic rings. The van der Waals surface area contributed by atoms with Gasteiger partial charge in [0.2, 0.25) is 10.0 Å². The van der Waals surface area contributed by atoms with Gasteiger partial charge >= 0.3 is 6.18 Å². The van der Waals surface area contributed by atoms with E-state index in [1.807, 2.05) is 13.8 Å². The molecule has 4 nitrogen and oxygen atoms in total. The second kappa shape index (κ2) is 9.46. The highest BCUT2D eigenvalue weighted by Gasteiger charge is 2.33. The Morgan fingerprint density at radius 3 is 2.38 bits per heavy atom. The van der Waals surface area contributed by atoms with Crippen molar-refractivity contribution in [3.8, 4) is 0 Å². The molecule has 1 aromatic heterocycles. The molecule has 0 aliphatic carbocycles. The Hall–Kier alpha value is -2.65. The van der Waals surface area contributed by atoms with Gasteiger partial charge in [-0.2, -0.15) is 17.5 Å². The summed E-state index contributed by atoms with van der Waals surface area (Å²) in [4.78, 5) is -0.406. The molecule has 0 saturated heterocycles. The maximum absolute atomic E-state index is 13.5. The molecule has 0 aliphatic heterocycles. The Kier molecular flexibility index (Phi) is 7.09. The van der Waals surface area contributed by atoms with Crippen molar-refractivity contribution in [3.63, 3.8) is 0 Å². The number of sulfonamides is 1. The number of rotatable bonds is 8. The molecular weight excluding hydrogens is 444 g/mol. The summed E-state index contributed by atoms with van der Waals surface area (Å²) in [5.74, 6) is -0.424. The number of halogens is 4. The van der Waals surface area contributed by atoms with Gasteiger partial charge in [0.25, 0.3) is 0 Å². The second-order valence-electron chi connectivity index (χ2n) is 7.97. The first-order valence-corrected chi connectivity index (χ1v) is 11.5. The van der Waals surface area contributed by atoms with E-state index in [2.05, 4.69) is 0 Å². The van der Waals surface area contributed by atoms with Crippen molar-refractivity contribution in [2.24, 2.45) is 5.92 Å². The number of nitrogens with zero attached hydrogens (tertiary/aromatic N) is 2. The van der Waals surface area contributed by atoms with Crippen LogP contribution in [0.5, 0.6) is 0 Å². The van der Waals surface area contributed by atoms with Gasteiger partial charge in [0.15, 0.2) is 0 Å². The zero-order valence-electron chi connectivity index (χ0n) is 17.7. The van der Waals surface area contributed by atoms with Crippen molar-refractivity contribution < 1.29 is 26.0 Å². The van der Waals surface area contributed by atoms with Crippen molar-refractivity contribution in [3.05, 3.63) is 89.5 Å². The van der Waals surface area contributed by atoms with Crippen molar-refractivity contribution in [1.29, 1.82) is 0 Å². The van der Waals surface area contributed by atoms with Gasteiger partial charge in [0.1, 0.15) is 5.82 Å². The highest BCUT2D eigenvalue weighted by molar-refractivity contribution is 7.89. The number of aromatic nitrogens is 1. The minimum Gasteiger partial charge on any atom is -0.346 e. The summed E-state index contributed by atoms with van der Waals surface area (Å²) < 4.78 is 82.5. The van der Waals surface area contributed by atoms with E-state index in [0.29, 0.717) is 23.9 Å². The lowest BCUT2D eigenvalue weighted by atomic mass is 10.2. The Bertz CT molecular complexity index is 1170. The van der Waals surface area contributed by atoms with Crippen LogP contribution in [0.1, 0.15) is 30.7 Å². The maximum atomic E-state index is 13.5. The van der Waals surface area contributed by atoms with Crippen LogP contribution in [0.4, 0.5) is 17.6 Å². The molecule has 1 heterocycles. The molecule has 0 aliphatic rings. The maximum Gasteiger partial charge on any atom is 0.416 e. The highest BCUT2D eigenvalue weighted by Crippen LogP contribution is 2.31. The minimum atomic E-state index is -4.64. The lowest BCUT2D eigenvalue weighted by Crippen LogP contribution is -2.34. The highest BCUT2D eigenvalue weighted by atomic mass is 32.2. The van der Waals surface area contributed by atoms with Crippen LogP contribution >= 0.6 is 0 Å². The Morgan fingerprint density at radius 1 is 1.00 bits per heavy atom. The van der Waals surface area contributed by atoms with Crippen molar-refractivity contribution in [2.75, 3.05) is 6.54 Å². The van der Waals surface area contributed by atoms with Crippen molar-refractivity contribution >= 4 is 10.0 Å². The topological polar surface area (TPSA) is 42.3 Å². The van der Waals surface area contributed by atoms with Gasteiger partial charge in [-0.25, -0.2) is 12.8 Å². The normalized spacial score (nSPS) is 12.6. The van der Waals surface area contributed by atoms with E-state index < -0.39 is 26.7 Å². The fraction of sp³-hybridized carbons (Fsp3) is 0.304. The van der Waals surface area contributed by atoms with Crippen LogP contribution in [0, 0.1) is 11.7 Å². The zero-order chi connectivity index (χ0) is 23.5. The molecular formula is C23H24F4N2O2S. The molecule has 0 unspecified atom stereocenters. The van der Waals surface area contributed by atoms with E-state index in [-0.39, 0.29) is 24.8 Å². The summed E-state index contributed by atoms with van der Waals surface area (Å²) in [6.45, 7) is 4.10. The van der Waals surface area contributed by atoms with Gasteiger partial charge in [-0.15, -0.1) is 0 Å². The summed E-state index contributed by atoms with van der Waals surface area (Å²) in [5, 5.41) is 0. The molecule has 0 bridgehead atoms.